The first-order valence-corrected chi connectivity index (χ1v) is 6.78. The second-order valence-electron chi connectivity index (χ2n) is 5.79. The lowest BCUT2D eigenvalue weighted by Gasteiger charge is -2.22. The number of carbonyl (C=O) groups is 1. The smallest absolute Gasteiger partial charge is 0.244 e. The maximum Gasteiger partial charge on any atom is 0.244 e. The Bertz CT molecular complexity index is 309. The summed E-state index contributed by atoms with van der Waals surface area (Å²) in [5.41, 5.74) is -0.166. The molecule has 90 valence electrons. The summed E-state index contributed by atoms with van der Waals surface area (Å²) in [5.74, 6) is 1.17. The minimum Gasteiger partial charge on any atom is -0.323 e. The van der Waals surface area contributed by atoms with E-state index >= 15 is 0 Å². The standard InChI is InChI=1S/C13H22N2O/c1-3-10-8-11(10)15-9(2)14-13(12(15)16)6-4-5-7-13/h9-11,14H,3-8H2,1-2H3. The molecule has 1 amide bonds. The lowest BCUT2D eigenvalue weighted by atomic mass is 9.98. The van der Waals surface area contributed by atoms with Gasteiger partial charge in [0.1, 0.15) is 0 Å². The largest absolute Gasteiger partial charge is 0.323 e. The van der Waals surface area contributed by atoms with E-state index in [-0.39, 0.29) is 11.7 Å². The normalized spacial score (nSPS) is 41.0. The highest BCUT2D eigenvalue weighted by Gasteiger charge is 2.56. The molecule has 0 radical (unpaired) electrons. The van der Waals surface area contributed by atoms with Crippen molar-refractivity contribution in [2.75, 3.05) is 0 Å². The zero-order valence-corrected chi connectivity index (χ0v) is 10.3. The Kier molecular flexibility index (Phi) is 2.29. The van der Waals surface area contributed by atoms with Crippen LogP contribution in [0.3, 0.4) is 0 Å². The highest BCUT2D eigenvalue weighted by Crippen LogP contribution is 2.45. The molecule has 3 rings (SSSR count). The SMILES string of the molecule is CCC1CC1N1C(=O)C2(CCCC2)NC1C. The molecule has 16 heavy (non-hydrogen) atoms. The van der Waals surface area contributed by atoms with E-state index in [4.69, 9.17) is 0 Å². The quantitative estimate of drug-likeness (QED) is 0.773. The van der Waals surface area contributed by atoms with Crippen LogP contribution in [0.1, 0.15) is 52.4 Å². The third-order valence-corrected chi connectivity index (χ3v) is 4.77. The van der Waals surface area contributed by atoms with Gasteiger partial charge in [0.05, 0.1) is 11.7 Å². The molecular weight excluding hydrogens is 200 g/mol. The summed E-state index contributed by atoms with van der Waals surface area (Å²) < 4.78 is 0. The lowest BCUT2D eigenvalue weighted by molar-refractivity contribution is -0.133. The first kappa shape index (κ1) is 10.6. The Balaban J connectivity index is 1.78. The van der Waals surface area contributed by atoms with E-state index in [1.807, 2.05) is 0 Å². The molecule has 0 aromatic rings. The molecule has 1 aliphatic heterocycles. The number of amides is 1. The van der Waals surface area contributed by atoms with Gasteiger partial charge in [-0.25, -0.2) is 0 Å². The van der Waals surface area contributed by atoms with Crippen molar-refractivity contribution in [1.29, 1.82) is 0 Å². The van der Waals surface area contributed by atoms with Crippen molar-refractivity contribution >= 4 is 5.91 Å². The van der Waals surface area contributed by atoms with E-state index in [0.717, 1.165) is 18.8 Å². The van der Waals surface area contributed by atoms with Crippen LogP contribution in [-0.4, -0.2) is 28.6 Å². The molecule has 3 fully saturated rings. The van der Waals surface area contributed by atoms with Crippen LogP contribution in [0, 0.1) is 5.92 Å². The van der Waals surface area contributed by atoms with E-state index in [1.54, 1.807) is 0 Å². The van der Waals surface area contributed by atoms with Gasteiger partial charge < -0.3 is 4.90 Å². The second kappa shape index (κ2) is 3.46. The number of hydrogen-bond acceptors (Lipinski definition) is 2. The second-order valence-corrected chi connectivity index (χ2v) is 5.79. The molecule has 0 bridgehead atoms. The van der Waals surface area contributed by atoms with Crippen LogP contribution in [0.2, 0.25) is 0 Å². The number of rotatable bonds is 2. The zero-order chi connectivity index (χ0) is 11.3. The fourth-order valence-electron chi connectivity index (χ4n) is 3.74. The van der Waals surface area contributed by atoms with Gasteiger partial charge in [-0.3, -0.25) is 10.1 Å². The molecule has 3 atom stereocenters. The van der Waals surface area contributed by atoms with Crippen molar-refractivity contribution in [3.63, 3.8) is 0 Å². The molecule has 2 aliphatic carbocycles. The summed E-state index contributed by atoms with van der Waals surface area (Å²) in [7, 11) is 0. The highest BCUT2D eigenvalue weighted by molar-refractivity contribution is 5.89. The Hall–Kier alpha value is -0.570. The van der Waals surface area contributed by atoms with Crippen LogP contribution < -0.4 is 5.32 Å². The van der Waals surface area contributed by atoms with Gasteiger partial charge in [0, 0.05) is 6.04 Å². The summed E-state index contributed by atoms with van der Waals surface area (Å²) in [6, 6.07) is 0.542. The van der Waals surface area contributed by atoms with Gasteiger partial charge in [-0.15, -0.1) is 0 Å². The van der Waals surface area contributed by atoms with Gasteiger partial charge in [-0.05, 0) is 32.1 Å². The maximum absolute atomic E-state index is 12.5. The molecule has 3 nitrogen and oxygen atoms in total. The highest BCUT2D eigenvalue weighted by atomic mass is 16.2. The zero-order valence-electron chi connectivity index (χ0n) is 10.3. The van der Waals surface area contributed by atoms with Gasteiger partial charge in [0.2, 0.25) is 5.91 Å². The van der Waals surface area contributed by atoms with Gasteiger partial charge in [-0.1, -0.05) is 26.2 Å². The van der Waals surface area contributed by atoms with Crippen LogP contribution in [0.25, 0.3) is 0 Å². The number of hydrogen-bond donors (Lipinski definition) is 1. The fraction of sp³-hybridized carbons (Fsp3) is 0.923. The third-order valence-electron chi connectivity index (χ3n) is 4.77. The minimum atomic E-state index is -0.166. The predicted octanol–water partition coefficient (Wildman–Crippen LogP) is 1.88. The number of nitrogens with zero attached hydrogens (tertiary/aromatic N) is 1. The van der Waals surface area contributed by atoms with Gasteiger partial charge >= 0.3 is 0 Å². The Morgan fingerprint density at radius 3 is 2.69 bits per heavy atom. The van der Waals surface area contributed by atoms with Gasteiger partial charge in [-0.2, -0.15) is 0 Å². The van der Waals surface area contributed by atoms with E-state index < -0.39 is 0 Å². The van der Waals surface area contributed by atoms with Crippen molar-refractivity contribution in [3.05, 3.63) is 0 Å². The molecule has 0 aromatic heterocycles. The van der Waals surface area contributed by atoms with Crippen LogP contribution in [0.15, 0.2) is 0 Å². The summed E-state index contributed by atoms with van der Waals surface area (Å²) >= 11 is 0. The Morgan fingerprint density at radius 1 is 1.44 bits per heavy atom. The maximum atomic E-state index is 12.5. The number of carbonyl (C=O) groups excluding carboxylic acids is 1. The predicted molar refractivity (Wildman–Crippen MR) is 62.8 cm³/mol. The van der Waals surface area contributed by atoms with E-state index in [9.17, 15) is 4.79 Å². The molecule has 3 aliphatic rings. The molecule has 0 aromatic carbocycles. The first-order chi connectivity index (χ1) is 7.68. The molecule has 1 saturated heterocycles. The lowest BCUT2D eigenvalue weighted by Crippen LogP contribution is -2.44. The molecule has 3 unspecified atom stereocenters. The molecule has 1 N–H and O–H groups in total. The van der Waals surface area contributed by atoms with Crippen LogP contribution >= 0.6 is 0 Å². The summed E-state index contributed by atoms with van der Waals surface area (Å²) in [6.45, 7) is 4.38. The third kappa shape index (κ3) is 1.33. The van der Waals surface area contributed by atoms with Crippen molar-refractivity contribution in [3.8, 4) is 0 Å². The first-order valence-electron chi connectivity index (χ1n) is 6.78. The average Bonchev–Trinajstić information content (AvgIpc) is 2.80. The van der Waals surface area contributed by atoms with E-state index in [1.165, 1.54) is 25.7 Å². The van der Waals surface area contributed by atoms with Gasteiger partial charge in [0.25, 0.3) is 0 Å². The number of nitrogens with one attached hydrogen (secondary N) is 1. The molecule has 2 saturated carbocycles. The van der Waals surface area contributed by atoms with Crippen molar-refractivity contribution in [1.82, 2.24) is 10.2 Å². The van der Waals surface area contributed by atoms with E-state index in [0.29, 0.717) is 11.9 Å². The van der Waals surface area contributed by atoms with E-state index in [2.05, 4.69) is 24.1 Å². The summed E-state index contributed by atoms with van der Waals surface area (Å²) in [6.07, 6.45) is 7.22. The topological polar surface area (TPSA) is 32.3 Å². The van der Waals surface area contributed by atoms with Crippen molar-refractivity contribution < 1.29 is 4.79 Å². The van der Waals surface area contributed by atoms with Crippen molar-refractivity contribution in [2.45, 2.75) is 70.1 Å². The molecule has 1 heterocycles. The van der Waals surface area contributed by atoms with Crippen molar-refractivity contribution in [2.24, 2.45) is 5.92 Å². The average molecular weight is 222 g/mol. The van der Waals surface area contributed by atoms with Crippen LogP contribution in [0.5, 0.6) is 0 Å². The molecule has 3 heteroatoms. The van der Waals surface area contributed by atoms with Gasteiger partial charge in [0.15, 0.2) is 0 Å². The summed E-state index contributed by atoms with van der Waals surface area (Å²) in [4.78, 5) is 14.7. The minimum absolute atomic E-state index is 0.166. The van der Waals surface area contributed by atoms with Crippen LogP contribution in [-0.2, 0) is 4.79 Å². The molecular formula is C13H22N2O. The Morgan fingerprint density at radius 2 is 2.12 bits per heavy atom. The van der Waals surface area contributed by atoms with Crippen LogP contribution in [0.4, 0.5) is 0 Å². The Labute approximate surface area is 97.6 Å². The monoisotopic (exact) mass is 222 g/mol. The fourth-order valence-corrected chi connectivity index (χ4v) is 3.74. The summed E-state index contributed by atoms with van der Waals surface area (Å²) in [5, 5.41) is 3.57. The molecule has 1 spiro atoms.